The van der Waals surface area contributed by atoms with Crippen LogP contribution in [-0.2, 0) is 0 Å². The summed E-state index contributed by atoms with van der Waals surface area (Å²) in [6, 6.07) is 92.0. The Morgan fingerprint density at radius 1 is 0.253 bits per heavy atom. The second kappa shape index (κ2) is 17.3. The van der Waals surface area contributed by atoms with Crippen molar-refractivity contribution >= 4 is 65.6 Å². The molecule has 4 aromatic heterocycles. The number of para-hydroxylation sites is 2. The minimum atomic E-state index is 0.588. The normalized spacial score (nSPS) is 11.7. The van der Waals surface area contributed by atoms with Crippen LogP contribution in [0.15, 0.2) is 265 Å². The van der Waals surface area contributed by atoms with Crippen LogP contribution in [0, 0.1) is 0 Å². The van der Waals surface area contributed by atoms with Crippen LogP contribution in [-0.4, -0.2) is 24.1 Å². The quantitative estimate of drug-likeness (QED) is 0.152. The third-order valence-electron chi connectivity index (χ3n) is 14.8. The topological polar surface area (TPSA) is 61.7 Å². The van der Waals surface area contributed by atoms with Crippen LogP contribution in [0.25, 0.3) is 144 Å². The van der Waals surface area contributed by atoms with Crippen LogP contribution in [0.5, 0.6) is 0 Å². The molecule has 15 rings (SSSR count). The Bertz CT molecular complexity index is 4670. The number of benzene rings is 11. The maximum atomic E-state index is 7.37. The molecule has 0 fully saturated rings. The number of rotatable bonds is 8. The van der Waals surface area contributed by atoms with Crippen molar-refractivity contribution in [2.75, 3.05) is 0 Å². The SMILES string of the molecule is c1ccc(-c2ccc(-n3c4ccccc4c4ccc5c6ccc7c8ccccc8n(-c8ccc(-c9nc(-c%10cccc(-c%11ccccc%11)c%10)nc(-c%10ccccc%10-c%10ccccc%10)n9)cc8)c7c6oc5c43)cc2)cc1. The first-order valence-corrected chi connectivity index (χ1v) is 25.3. The summed E-state index contributed by atoms with van der Waals surface area (Å²) in [6.07, 6.45) is 0. The lowest BCUT2D eigenvalue weighted by Gasteiger charge is -2.13. The van der Waals surface area contributed by atoms with Crippen molar-refractivity contribution in [2.24, 2.45) is 0 Å². The van der Waals surface area contributed by atoms with Crippen LogP contribution in [0.4, 0.5) is 0 Å². The van der Waals surface area contributed by atoms with Crippen molar-refractivity contribution in [1.29, 1.82) is 0 Å². The van der Waals surface area contributed by atoms with E-state index < -0.39 is 0 Å². The number of aromatic nitrogens is 5. The molecule has 0 unspecified atom stereocenters. The van der Waals surface area contributed by atoms with Gasteiger partial charge in [0.15, 0.2) is 28.6 Å². The molecule has 0 atom stereocenters. The second-order valence-electron chi connectivity index (χ2n) is 19.1. The third-order valence-corrected chi connectivity index (χ3v) is 14.8. The summed E-state index contributed by atoms with van der Waals surface area (Å²) in [5, 5.41) is 6.73. The molecule has 0 aliphatic carbocycles. The predicted molar refractivity (Wildman–Crippen MR) is 308 cm³/mol. The number of furan rings is 1. The summed E-state index contributed by atoms with van der Waals surface area (Å²) in [6.45, 7) is 0. The molecule has 75 heavy (non-hydrogen) atoms. The van der Waals surface area contributed by atoms with Gasteiger partial charge in [-0.25, -0.2) is 15.0 Å². The lowest BCUT2D eigenvalue weighted by Crippen LogP contribution is -2.01. The summed E-state index contributed by atoms with van der Waals surface area (Å²) >= 11 is 0. The number of nitrogens with zero attached hydrogens (tertiary/aromatic N) is 5. The lowest BCUT2D eigenvalue weighted by atomic mass is 9.99. The maximum absolute atomic E-state index is 7.37. The van der Waals surface area contributed by atoms with Gasteiger partial charge in [0.05, 0.1) is 22.1 Å². The van der Waals surface area contributed by atoms with Crippen molar-refractivity contribution < 1.29 is 4.42 Å². The molecule has 0 aliphatic heterocycles. The molecule has 0 saturated carbocycles. The van der Waals surface area contributed by atoms with Gasteiger partial charge in [-0.15, -0.1) is 0 Å². The Balaban J connectivity index is 0.903. The highest BCUT2D eigenvalue weighted by Crippen LogP contribution is 2.45. The van der Waals surface area contributed by atoms with Crippen LogP contribution in [0.3, 0.4) is 0 Å². The summed E-state index contributed by atoms with van der Waals surface area (Å²) in [4.78, 5) is 15.7. The fourth-order valence-electron chi connectivity index (χ4n) is 11.3. The van der Waals surface area contributed by atoms with Crippen molar-refractivity contribution in [3.05, 3.63) is 261 Å². The van der Waals surface area contributed by atoms with E-state index in [-0.39, 0.29) is 0 Å². The Hall–Kier alpha value is -10.2. The summed E-state index contributed by atoms with van der Waals surface area (Å²) in [5.41, 5.74) is 17.5. The standard InChI is InChI=1S/C69H43N5O/c1-4-17-44(18-5-1)46-31-35-51(36-32-46)73-61-29-14-12-26-54(61)56-39-41-58-59-42-40-57-55-27-13-15-30-62(55)74(64(57)66(59)75-65(58)63(56)73)52-37-33-48(34-38-52)67-70-68(50-24-16-23-49(43-50)45-19-6-2-7-20-45)72-69(71-67)60-28-11-10-25-53(60)47-21-8-3-9-22-47/h1-43H. The van der Waals surface area contributed by atoms with Gasteiger partial charge in [0.25, 0.3) is 0 Å². The van der Waals surface area contributed by atoms with E-state index in [0.717, 1.165) is 110 Å². The zero-order valence-corrected chi connectivity index (χ0v) is 40.5. The molecule has 11 aromatic carbocycles. The molecule has 350 valence electrons. The van der Waals surface area contributed by atoms with Crippen molar-refractivity contribution in [3.8, 4) is 78.9 Å². The zero-order chi connectivity index (χ0) is 49.4. The molecule has 0 radical (unpaired) electrons. The lowest BCUT2D eigenvalue weighted by molar-refractivity contribution is 0.673. The molecule has 0 amide bonds. The molecule has 0 spiro atoms. The summed E-state index contributed by atoms with van der Waals surface area (Å²) < 4.78 is 12.1. The molecule has 0 aliphatic rings. The van der Waals surface area contributed by atoms with Crippen LogP contribution in [0.2, 0.25) is 0 Å². The van der Waals surface area contributed by atoms with E-state index in [4.69, 9.17) is 19.4 Å². The van der Waals surface area contributed by atoms with Crippen LogP contribution >= 0.6 is 0 Å². The third kappa shape index (κ3) is 6.99. The average molecular weight is 958 g/mol. The fraction of sp³-hybridized carbons (Fsp3) is 0. The Morgan fingerprint density at radius 2 is 0.653 bits per heavy atom. The molecule has 4 heterocycles. The second-order valence-corrected chi connectivity index (χ2v) is 19.1. The molecule has 15 aromatic rings. The molecule has 6 heteroatoms. The molecule has 6 nitrogen and oxygen atoms in total. The van der Waals surface area contributed by atoms with Gasteiger partial charge in [-0.3, -0.25) is 0 Å². The largest absolute Gasteiger partial charge is 0.452 e. The Labute approximate surface area is 431 Å². The Morgan fingerprint density at radius 3 is 1.23 bits per heavy atom. The van der Waals surface area contributed by atoms with Gasteiger partial charge in [0, 0.05) is 60.4 Å². The minimum Gasteiger partial charge on any atom is -0.452 e. The predicted octanol–water partition coefficient (Wildman–Crippen LogP) is 18.0. The first-order chi connectivity index (χ1) is 37.2. The van der Waals surface area contributed by atoms with E-state index in [1.807, 2.05) is 18.2 Å². The molecular weight excluding hydrogens is 915 g/mol. The molecule has 0 N–H and O–H groups in total. The van der Waals surface area contributed by atoms with E-state index in [1.54, 1.807) is 0 Å². The van der Waals surface area contributed by atoms with Gasteiger partial charge in [-0.05, 0) is 100 Å². The number of hydrogen-bond acceptors (Lipinski definition) is 4. The highest BCUT2D eigenvalue weighted by atomic mass is 16.3. The monoisotopic (exact) mass is 957 g/mol. The summed E-state index contributed by atoms with van der Waals surface area (Å²) in [7, 11) is 0. The molecular formula is C69H43N5O. The van der Waals surface area contributed by atoms with Crippen LogP contribution < -0.4 is 0 Å². The molecule has 0 bridgehead atoms. The van der Waals surface area contributed by atoms with Crippen molar-refractivity contribution in [1.82, 2.24) is 24.1 Å². The van der Waals surface area contributed by atoms with E-state index >= 15 is 0 Å². The highest BCUT2D eigenvalue weighted by molar-refractivity contribution is 6.26. The molecule has 0 saturated heterocycles. The van der Waals surface area contributed by atoms with E-state index in [1.165, 1.54) is 16.5 Å². The summed E-state index contributed by atoms with van der Waals surface area (Å²) in [5.74, 6) is 1.80. The maximum Gasteiger partial charge on any atom is 0.164 e. The van der Waals surface area contributed by atoms with Gasteiger partial charge >= 0.3 is 0 Å². The minimum absolute atomic E-state index is 0.588. The van der Waals surface area contributed by atoms with Gasteiger partial charge < -0.3 is 13.6 Å². The smallest absolute Gasteiger partial charge is 0.164 e. The first kappa shape index (κ1) is 42.5. The van der Waals surface area contributed by atoms with Crippen molar-refractivity contribution in [2.45, 2.75) is 0 Å². The van der Waals surface area contributed by atoms with E-state index in [2.05, 4.69) is 252 Å². The van der Waals surface area contributed by atoms with Gasteiger partial charge in [0.1, 0.15) is 0 Å². The van der Waals surface area contributed by atoms with Crippen molar-refractivity contribution in [3.63, 3.8) is 0 Å². The number of fused-ring (bicyclic) bond motifs is 11. The zero-order valence-electron chi connectivity index (χ0n) is 40.5. The van der Waals surface area contributed by atoms with Crippen LogP contribution in [0.1, 0.15) is 0 Å². The average Bonchev–Trinajstić information content (AvgIpc) is 4.29. The van der Waals surface area contributed by atoms with Gasteiger partial charge in [-0.1, -0.05) is 194 Å². The van der Waals surface area contributed by atoms with E-state index in [0.29, 0.717) is 17.5 Å². The van der Waals surface area contributed by atoms with E-state index in [9.17, 15) is 0 Å². The highest BCUT2D eigenvalue weighted by Gasteiger charge is 2.24. The van der Waals surface area contributed by atoms with Gasteiger partial charge in [0.2, 0.25) is 0 Å². The first-order valence-electron chi connectivity index (χ1n) is 25.3. The Kier molecular flexibility index (Phi) is 9.78. The fourth-order valence-corrected chi connectivity index (χ4v) is 11.3. The van der Waals surface area contributed by atoms with Gasteiger partial charge in [-0.2, -0.15) is 0 Å². The number of hydrogen-bond donors (Lipinski definition) is 0.